The van der Waals surface area contributed by atoms with Crippen molar-refractivity contribution >= 4 is 23.5 Å². The molecule has 122 valence electrons. The van der Waals surface area contributed by atoms with Gasteiger partial charge in [-0.25, -0.2) is 4.79 Å². The molecule has 1 heterocycles. The Balaban J connectivity index is 1.73. The standard InChI is InChI=1S/C16H25N3O2S/c1-22-15-7-4-5-13(11-15)18-16(21)17-8-10-19-9-3-2-6-14(19)12-20/h4-5,7,11,14,20H,2-3,6,8-10,12H2,1H3,(H2,17,18,21)/t14-/m0/s1. The van der Waals surface area contributed by atoms with Crippen LogP contribution in [0.2, 0.25) is 0 Å². The molecule has 0 aliphatic carbocycles. The maximum atomic E-state index is 11.9. The zero-order chi connectivity index (χ0) is 15.8. The molecular weight excluding hydrogens is 298 g/mol. The van der Waals surface area contributed by atoms with Gasteiger partial charge in [0.1, 0.15) is 0 Å². The third kappa shape index (κ3) is 5.19. The third-order valence-corrected chi connectivity index (χ3v) is 4.70. The van der Waals surface area contributed by atoms with E-state index in [1.54, 1.807) is 11.8 Å². The number of nitrogens with one attached hydrogen (secondary N) is 2. The summed E-state index contributed by atoms with van der Waals surface area (Å²) in [5.74, 6) is 0. The summed E-state index contributed by atoms with van der Waals surface area (Å²) in [4.78, 5) is 15.3. The van der Waals surface area contributed by atoms with Crippen LogP contribution in [-0.2, 0) is 0 Å². The number of thioether (sulfide) groups is 1. The molecule has 0 radical (unpaired) electrons. The molecule has 0 unspecified atom stereocenters. The molecule has 22 heavy (non-hydrogen) atoms. The van der Waals surface area contributed by atoms with Crippen LogP contribution in [0.15, 0.2) is 29.2 Å². The van der Waals surface area contributed by atoms with Gasteiger partial charge in [-0.1, -0.05) is 12.5 Å². The van der Waals surface area contributed by atoms with Crippen LogP contribution in [-0.4, -0.2) is 54.6 Å². The fourth-order valence-electron chi connectivity index (χ4n) is 2.75. The van der Waals surface area contributed by atoms with E-state index in [9.17, 15) is 9.90 Å². The maximum absolute atomic E-state index is 11.9. The number of urea groups is 1. The summed E-state index contributed by atoms with van der Waals surface area (Å²) in [7, 11) is 0. The van der Waals surface area contributed by atoms with Gasteiger partial charge in [-0.15, -0.1) is 11.8 Å². The smallest absolute Gasteiger partial charge is 0.319 e. The largest absolute Gasteiger partial charge is 0.395 e. The lowest BCUT2D eigenvalue weighted by Gasteiger charge is -2.34. The van der Waals surface area contributed by atoms with Crippen molar-refractivity contribution in [1.29, 1.82) is 0 Å². The Bertz CT molecular complexity index is 484. The first kappa shape index (κ1) is 17.1. The molecule has 1 aliphatic rings. The van der Waals surface area contributed by atoms with Crippen molar-refractivity contribution in [2.24, 2.45) is 0 Å². The molecule has 5 nitrogen and oxygen atoms in total. The number of amides is 2. The summed E-state index contributed by atoms with van der Waals surface area (Å²) in [5, 5.41) is 15.1. The Morgan fingerprint density at radius 3 is 3.09 bits per heavy atom. The van der Waals surface area contributed by atoms with Gasteiger partial charge in [0.05, 0.1) is 6.61 Å². The second-order valence-corrected chi connectivity index (χ2v) is 6.36. The Hall–Kier alpha value is -1.24. The van der Waals surface area contributed by atoms with E-state index in [-0.39, 0.29) is 18.7 Å². The number of nitrogens with zero attached hydrogens (tertiary/aromatic N) is 1. The number of carbonyl (C=O) groups is 1. The molecule has 1 aromatic rings. The van der Waals surface area contributed by atoms with Gasteiger partial charge in [-0.2, -0.15) is 0 Å². The lowest BCUT2D eigenvalue weighted by molar-refractivity contribution is 0.0917. The van der Waals surface area contributed by atoms with E-state index in [4.69, 9.17) is 0 Å². The van der Waals surface area contributed by atoms with Crippen LogP contribution in [0.5, 0.6) is 0 Å². The summed E-state index contributed by atoms with van der Waals surface area (Å²) >= 11 is 1.65. The van der Waals surface area contributed by atoms with Crippen molar-refractivity contribution in [3.63, 3.8) is 0 Å². The Morgan fingerprint density at radius 1 is 1.45 bits per heavy atom. The van der Waals surface area contributed by atoms with E-state index in [2.05, 4.69) is 15.5 Å². The Labute approximate surface area is 136 Å². The Morgan fingerprint density at radius 2 is 2.32 bits per heavy atom. The van der Waals surface area contributed by atoms with Crippen molar-refractivity contribution in [1.82, 2.24) is 10.2 Å². The fraction of sp³-hybridized carbons (Fsp3) is 0.562. The normalized spacial score (nSPS) is 18.9. The summed E-state index contributed by atoms with van der Waals surface area (Å²) in [6, 6.07) is 7.84. The first-order chi connectivity index (χ1) is 10.7. The average molecular weight is 323 g/mol. The SMILES string of the molecule is CSc1cccc(NC(=O)NCCN2CCCC[C@H]2CO)c1. The highest BCUT2D eigenvalue weighted by Gasteiger charge is 2.20. The summed E-state index contributed by atoms with van der Waals surface area (Å²) in [5.41, 5.74) is 0.801. The van der Waals surface area contributed by atoms with Gasteiger partial charge in [0, 0.05) is 29.7 Å². The van der Waals surface area contributed by atoms with Gasteiger partial charge < -0.3 is 15.7 Å². The van der Waals surface area contributed by atoms with Gasteiger partial charge in [0.15, 0.2) is 0 Å². The molecule has 6 heteroatoms. The molecule has 2 rings (SSSR count). The molecular formula is C16H25N3O2S. The first-order valence-corrected chi connectivity index (χ1v) is 8.99. The number of rotatable bonds is 6. The minimum absolute atomic E-state index is 0.184. The third-order valence-electron chi connectivity index (χ3n) is 3.97. The van der Waals surface area contributed by atoms with Crippen LogP contribution in [0.1, 0.15) is 19.3 Å². The quantitative estimate of drug-likeness (QED) is 0.703. The van der Waals surface area contributed by atoms with E-state index in [0.29, 0.717) is 6.54 Å². The van der Waals surface area contributed by atoms with Gasteiger partial charge in [-0.3, -0.25) is 4.90 Å². The predicted octanol–water partition coefficient (Wildman–Crippen LogP) is 2.38. The van der Waals surface area contributed by atoms with Crippen molar-refractivity contribution in [3.8, 4) is 0 Å². The highest BCUT2D eigenvalue weighted by molar-refractivity contribution is 7.98. The number of anilines is 1. The van der Waals surface area contributed by atoms with E-state index in [1.165, 1.54) is 12.8 Å². The van der Waals surface area contributed by atoms with Gasteiger partial charge in [-0.05, 0) is 43.8 Å². The first-order valence-electron chi connectivity index (χ1n) is 7.76. The monoisotopic (exact) mass is 323 g/mol. The van der Waals surface area contributed by atoms with E-state index in [1.807, 2.05) is 30.5 Å². The van der Waals surface area contributed by atoms with E-state index in [0.717, 1.165) is 30.1 Å². The van der Waals surface area contributed by atoms with Gasteiger partial charge in [0.2, 0.25) is 0 Å². The molecule has 0 spiro atoms. The number of aliphatic hydroxyl groups excluding tert-OH is 1. The average Bonchev–Trinajstić information content (AvgIpc) is 2.55. The molecule has 1 atom stereocenters. The van der Waals surface area contributed by atoms with Gasteiger partial charge >= 0.3 is 6.03 Å². The highest BCUT2D eigenvalue weighted by Crippen LogP contribution is 2.19. The summed E-state index contributed by atoms with van der Waals surface area (Å²) in [6.07, 6.45) is 5.41. The summed E-state index contributed by atoms with van der Waals surface area (Å²) in [6.45, 7) is 2.58. The molecule has 0 saturated carbocycles. The number of hydrogen-bond donors (Lipinski definition) is 3. The second kappa shape index (κ2) is 9.02. The van der Waals surface area contributed by atoms with Crippen molar-refractivity contribution in [2.75, 3.05) is 37.8 Å². The van der Waals surface area contributed by atoms with Crippen molar-refractivity contribution < 1.29 is 9.90 Å². The number of carbonyl (C=O) groups excluding carboxylic acids is 1. The number of piperidine rings is 1. The van der Waals surface area contributed by atoms with Crippen LogP contribution in [0, 0.1) is 0 Å². The maximum Gasteiger partial charge on any atom is 0.319 e. The number of benzene rings is 1. The predicted molar refractivity (Wildman–Crippen MR) is 91.5 cm³/mol. The fourth-order valence-corrected chi connectivity index (χ4v) is 3.21. The Kier molecular flexibility index (Phi) is 7.02. The summed E-state index contributed by atoms with van der Waals surface area (Å²) < 4.78 is 0. The number of likely N-dealkylation sites (tertiary alicyclic amines) is 1. The minimum atomic E-state index is -0.184. The zero-order valence-electron chi connectivity index (χ0n) is 13.0. The van der Waals surface area contributed by atoms with Crippen LogP contribution in [0.4, 0.5) is 10.5 Å². The second-order valence-electron chi connectivity index (χ2n) is 5.48. The van der Waals surface area contributed by atoms with Crippen molar-refractivity contribution in [3.05, 3.63) is 24.3 Å². The number of hydrogen-bond acceptors (Lipinski definition) is 4. The van der Waals surface area contributed by atoms with Crippen molar-refractivity contribution in [2.45, 2.75) is 30.2 Å². The molecule has 1 fully saturated rings. The van der Waals surface area contributed by atoms with E-state index >= 15 is 0 Å². The molecule has 1 aromatic carbocycles. The number of aliphatic hydroxyl groups is 1. The van der Waals surface area contributed by atoms with Crippen LogP contribution in [0.3, 0.4) is 0 Å². The molecule has 2 amide bonds. The zero-order valence-corrected chi connectivity index (χ0v) is 13.9. The van der Waals surface area contributed by atoms with Crippen LogP contribution >= 0.6 is 11.8 Å². The molecule has 0 bridgehead atoms. The van der Waals surface area contributed by atoms with Gasteiger partial charge in [0.25, 0.3) is 0 Å². The van der Waals surface area contributed by atoms with E-state index < -0.39 is 0 Å². The lowest BCUT2D eigenvalue weighted by atomic mass is 10.0. The molecule has 1 saturated heterocycles. The van der Waals surface area contributed by atoms with Crippen LogP contribution in [0.25, 0.3) is 0 Å². The molecule has 0 aromatic heterocycles. The highest BCUT2D eigenvalue weighted by atomic mass is 32.2. The topological polar surface area (TPSA) is 64.6 Å². The minimum Gasteiger partial charge on any atom is -0.395 e. The lowest BCUT2D eigenvalue weighted by Crippen LogP contribution is -2.46. The molecule has 1 aliphatic heterocycles. The van der Waals surface area contributed by atoms with Crippen LogP contribution < -0.4 is 10.6 Å². The molecule has 3 N–H and O–H groups in total.